The van der Waals surface area contributed by atoms with Gasteiger partial charge in [0.2, 0.25) is 0 Å². The van der Waals surface area contributed by atoms with Gasteiger partial charge in [-0.15, -0.1) is 0 Å². The van der Waals surface area contributed by atoms with Crippen LogP contribution >= 0.6 is 0 Å². The molecule has 1 aromatic rings. The first-order valence-electron chi connectivity index (χ1n) is 6.99. The lowest BCUT2D eigenvalue weighted by atomic mass is 9.91. The number of carbonyl (C=O) groups is 1. The number of nitrogens with one attached hydrogen (secondary N) is 2. The van der Waals surface area contributed by atoms with Crippen molar-refractivity contribution in [2.24, 2.45) is 5.73 Å². The van der Waals surface area contributed by atoms with Crippen molar-refractivity contribution < 1.29 is 4.79 Å². The van der Waals surface area contributed by atoms with Gasteiger partial charge in [0.05, 0.1) is 0 Å². The molecule has 4 nitrogen and oxygen atoms in total. The lowest BCUT2D eigenvalue weighted by molar-refractivity contribution is 0.0926. The fourth-order valence-electron chi connectivity index (χ4n) is 2.51. The first kappa shape index (κ1) is 14.0. The van der Waals surface area contributed by atoms with Gasteiger partial charge in [0.15, 0.2) is 0 Å². The van der Waals surface area contributed by atoms with Crippen LogP contribution in [0, 0.1) is 0 Å². The number of hydrogen-bond donors (Lipinski definition) is 3. The van der Waals surface area contributed by atoms with E-state index in [9.17, 15) is 4.79 Å². The Hall–Kier alpha value is -1.39. The van der Waals surface area contributed by atoms with Gasteiger partial charge in [-0.25, -0.2) is 0 Å². The summed E-state index contributed by atoms with van der Waals surface area (Å²) in [6.45, 7) is 0.822. The van der Waals surface area contributed by atoms with E-state index in [0.29, 0.717) is 6.04 Å². The maximum absolute atomic E-state index is 12.1. The molecule has 0 spiro atoms. The molecule has 4 heteroatoms. The highest BCUT2D eigenvalue weighted by atomic mass is 16.1. The van der Waals surface area contributed by atoms with Crippen LogP contribution in [-0.2, 0) is 6.54 Å². The third kappa shape index (κ3) is 4.04. The Kier molecular flexibility index (Phi) is 4.93. The first-order valence-corrected chi connectivity index (χ1v) is 6.99. The molecule has 104 valence electrons. The molecule has 1 fully saturated rings. The number of hydrogen-bond acceptors (Lipinski definition) is 3. The molecule has 4 N–H and O–H groups in total. The lowest BCUT2D eigenvalue weighted by Crippen LogP contribution is -2.40. The highest BCUT2D eigenvalue weighted by molar-refractivity contribution is 5.94. The predicted molar refractivity (Wildman–Crippen MR) is 76.9 cm³/mol. The Bertz CT molecular complexity index is 408. The second-order valence-corrected chi connectivity index (χ2v) is 5.31. The van der Waals surface area contributed by atoms with E-state index in [1.165, 1.54) is 5.56 Å². The molecule has 0 unspecified atom stereocenters. The van der Waals surface area contributed by atoms with Gasteiger partial charge in [0, 0.05) is 24.2 Å². The minimum absolute atomic E-state index is 0.0245. The van der Waals surface area contributed by atoms with Gasteiger partial charge in [-0.05, 0) is 50.4 Å². The molecule has 1 saturated carbocycles. The Morgan fingerprint density at radius 2 is 1.84 bits per heavy atom. The largest absolute Gasteiger partial charge is 0.349 e. The van der Waals surface area contributed by atoms with E-state index in [1.807, 2.05) is 31.3 Å². The molecule has 0 bridgehead atoms. The average Bonchev–Trinajstić information content (AvgIpc) is 2.42. The Balaban J connectivity index is 1.88. The molecule has 0 aliphatic heterocycles. The van der Waals surface area contributed by atoms with Crippen molar-refractivity contribution in [3.8, 4) is 0 Å². The fourth-order valence-corrected chi connectivity index (χ4v) is 2.51. The van der Waals surface area contributed by atoms with Gasteiger partial charge < -0.3 is 16.4 Å². The van der Waals surface area contributed by atoms with Crippen molar-refractivity contribution in [1.82, 2.24) is 10.6 Å². The van der Waals surface area contributed by atoms with Crippen molar-refractivity contribution in [1.29, 1.82) is 0 Å². The SMILES string of the molecule is CNCc1ccc(C(=O)NC2CCC(N)CC2)cc1. The molecule has 0 aromatic heterocycles. The van der Waals surface area contributed by atoms with Gasteiger partial charge in [-0.1, -0.05) is 12.1 Å². The molecule has 1 aliphatic rings. The maximum atomic E-state index is 12.1. The van der Waals surface area contributed by atoms with Crippen LogP contribution < -0.4 is 16.4 Å². The smallest absolute Gasteiger partial charge is 0.251 e. The Morgan fingerprint density at radius 3 is 2.42 bits per heavy atom. The predicted octanol–water partition coefficient (Wildman–Crippen LogP) is 1.41. The second kappa shape index (κ2) is 6.68. The number of amides is 1. The Morgan fingerprint density at radius 1 is 1.21 bits per heavy atom. The molecule has 1 aromatic carbocycles. The zero-order valence-corrected chi connectivity index (χ0v) is 11.5. The van der Waals surface area contributed by atoms with Gasteiger partial charge in [-0.3, -0.25) is 4.79 Å². The minimum Gasteiger partial charge on any atom is -0.349 e. The quantitative estimate of drug-likeness (QED) is 0.767. The third-order valence-electron chi connectivity index (χ3n) is 3.70. The second-order valence-electron chi connectivity index (χ2n) is 5.31. The van der Waals surface area contributed by atoms with E-state index in [4.69, 9.17) is 5.73 Å². The lowest BCUT2D eigenvalue weighted by Gasteiger charge is -2.26. The van der Waals surface area contributed by atoms with Crippen LogP contribution in [0.25, 0.3) is 0 Å². The zero-order valence-electron chi connectivity index (χ0n) is 11.5. The summed E-state index contributed by atoms with van der Waals surface area (Å²) in [5, 5.41) is 6.19. The molecular formula is C15H23N3O. The summed E-state index contributed by atoms with van der Waals surface area (Å²) in [6.07, 6.45) is 3.99. The van der Waals surface area contributed by atoms with E-state index < -0.39 is 0 Å². The van der Waals surface area contributed by atoms with Crippen molar-refractivity contribution >= 4 is 5.91 Å². The molecular weight excluding hydrogens is 238 g/mol. The van der Waals surface area contributed by atoms with E-state index in [0.717, 1.165) is 37.8 Å². The van der Waals surface area contributed by atoms with E-state index >= 15 is 0 Å². The van der Waals surface area contributed by atoms with Crippen molar-refractivity contribution in [2.45, 2.75) is 44.3 Å². The zero-order chi connectivity index (χ0) is 13.7. The summed E-state index contributed by atoms with van der Waals surface area (Å²) in [5.74, 6) is 0.0245. The van der Waals surface area contributed by atoms with Crippen LogP contribution in [0.15, 0.2) is 24.3 Å². The van der Waals surface area contributed by atoms with Gasteiger partial charge in [0.25, 0.3) is 5.91 Å². The van der Waals surface area contributed by atoms with Crippen molar-refractivity contribution in [3.05, 3.63) is 35.4 Å². The van der Waals surface area contributed by atoms with E-state index in [-0.39, 0.29) is 11.9 Å². The summed E-state index contributed by atoms with van der Waals surface area (Å²) in [6, 6.07) is 8.34. The first-order chi connectivity index (χ1) is 9.19. The molecule has 0 radical (unpaired) electrons. The van der Waals surface area contributed by atoms with Gasteiger partial charge in [-0.2, -0.15) is 0 Å². The summed E-state index contributed by atoms with van der Waals surface area (Å²) >= 11 is 0. The average molecular weight is 261 g/mol. The summed E-state index contributed by atoms with van der Waals surface area (Å²) in [5.41, 5.74) is 7.78. The normalized spacial score (nSPS) is 23.1. The van der Waals surface area contributed by atoms with Crippen LogP contribution in [-0.4, -0.2) is 25.0 Å². The molecule has 0 atom stereocenters. The standard InChI is InChI=1S/C15H23N3O/c1-17-10-11-2-4-12(5-3-11)15(19)18-14-8-6-13(16)7-9-14/h2-5,13-14,17H,6-10,16H2,1H3,(H,18,19). The number of nitrogens with two attached hydrogens (primary N) is 1. The monoisotopic (exact) mass is 261 g/mol. The fraction of sp³-hybridized carbons (Fsp3) is 0.533. The van der Waals surface area contributed by atoms with Crippen LogP contribution in [0.5, 0.6) is 0 Å². The van der Waals surface area contributed by atoms with Crippen LogP contribution in [0.4, 0.5) is 0 Å². The van der Waals surface area contributed by atoms with Crippen LogP contribution in [0.3, 0.4) is 0 Å². The molecule has 0 heterocycles. The van der Waals surface area contributed by atoms with Crippen molar-refractivity contribution in [2.75, 3.05) is 7.05 Å². The minimum atomic E-state index is 0.0245. The van der Waals surface area contributed by atoms with Gasteiger partial charge in [0.1, 0.15) is 0 Å². The summed E-state index contributed by atoms with van der Waals surface area (Å²) in [7, 11) is 1.91. The van der Waals surface area contributed by atoms with Crippen LogP contribution in [0.2, 0.25) is 0 Å². The molecule has 19 heavy (non-hydrogen) atoms. The van der Waals surface area contributed by atoms with Gasteiger partial charge >= 0.3 is 0 Å². The maximum Gasteiger partial charge on any atom is 0.251 e. The third-order valence-corrected chi connectivity index (χ3v) is 3.70. The molecule has 0 saturated heterocycles. The van der Waals surface area contributed by atoms with E-state index in [2.05, 4.69) is 10.6 Å². The molecule has 1 aliphatic carbocycles. The molecule has 1 amide bonds. The molecule has 2 rings (SSSR count). The highest BCUT2D eigenvalue weighted by Gasteiger charge is 2.20. The topological polar surface area (TPSA) is 67.2 Å². The summed E-state index contributed by atoms with van der Waals surface area (Å²) in [4.78, 5) is 12.1. The number of carbonyl (C=O) groups excluding carboxylic acids is 1. The van der Waals surface area contributed by atoms with Crippen molar-refractivity contribution in [3.63, 3.8) is 0 Å². The number of rotatable bonds is 4. The number of benzene rings is 1. The van der Waals surface area contributed by atoms with E-state index in [1.54, 1.807) is 0 Å². The highest BCUT2D eigenvalue weighted by Crippen LogP contribution is 2.17. The summed E-state index contributed by atoms with van der Waals surface area (Å²) < 4.78 is 0. The van der Waals surface area contributed by atoms with Crippen LogP contribution in [0.1, 0.15) is 41.6 Å². The Labute approximate surface area is 114 Å².